The molecule has 0 aromatic heterocycles. The lowest BCUT2D eigenvalue weighted by molar-refractivity contribution is -0.140. The molecule has 0 aromatic rings. The lowest BCUT2D eigenvalue weighted by atomic mass is 9.87. The highest BCUT2D eigenvalue weighted by Gasteiger charge is 2.45. The van der Waals surface area contributed by atoms with E-state index in [4.69, 9.17) is 4.74 Å². The van der Waals surface area contributed by atoms with Gasteiger partial charge in [-0.15, -0.1) is 0 Å². The molecule has 0 radical (unpaired) electrons. The van der Waals surface area contributed by atoms with Crippen molar-refractivity contribution < 1.29 is 9.53 Å². The Bertz CT molecular complexity index is 388. The zero-order valence-corrected chi connectivity index (χ0v) is 13.8. The average molecular weight is 294 g/mol. The number of carbonyl (C=O) groups excluding carboxylic acids is 1. The maximum Gasteiger partial charge on any atom is 0.228 e. The Balaban J connectivity index is 1.72. The first-order valence-electron chi connectivity index (χ1n) is 8.73. The fourth-order valence-corrected chi connectivity index (χ4v) is 4.76. The zero-order chi connectivity index (χ0) is 15.1. The van der Waals surface area contributed by atoms with E-state index in [9.17, 15) is 4.79 Å². The van der Waals surface area contributed by atoms with E-state index in [1.807, 2.05) is 0 Å². The van der Waals surface area contributed by atoms with Crippen molar-refractivity contribution in [2.75, 3.05) is 6.54 Å². The van der Waals surface area contributed by atoms with Gasteiger partial charge in [-0.1, -0.05) is 6.92 Å². The topological polar surface area (TPSA) is 41.6 Å². The number of carbonyl (C=O) groups is 1. The van der Waals surface area contributed by atoms with Crippen LogP contribution in [0.15, 0.2) is 0 Å². The summed E-state index contributed by atoms with van der Waals surface area (Å²) in [7, 11) is 0. The molecule has 3 aliphatic rings. The first kappa shape index (κ1) is 15.3. The Morgan fingerprint density at radius 1 is 1.14 bits per heavy atom. The largest absolute Gasteiger partial charge is 0.374 e. The lowest BCUT2D eigenvalue weighted by Crippen LogP contribution is -2.52. The molecule has 0 aliphatic carbocycles. The summed E-state index contributed by atoms with van der Waals surface area (Å²) in [6.07, 6.45) is 5.06. The van der Waals surface area contributed by atoms with Gasteiger partial charge in [0.1, 0.15) is 0 Å². The number of amides is 1. The summed E-state index contributed by atoms with van der Waals surface area (Å²) in [5.41, 5.74) is 0. The number of piperidine rings is 1. The first-order valence-corrected chi connectivity index (χ1v) is 8.73. The fraction of sp³-hybridized carbons (Fsp3) is 0.941. The van der Waals surface area contributed by atoms with Gasteiger partial charge in [0, 0.05) is 24.7 Å². The first-order chi connectivity index (χ1) is 10.0. The highest BCUT2D eigenvalue weighted by Crippen LogP contribution is 2.36. The maximum absolute atomic E-state index is 13.1. The van der Waals surface area contributed by atoms with Crippen LogP contribution in [-0.4, -0.2) is 47.7 Å². The van der Waals surface area contributed by atoms with Gasteiger partial charge in [-0.2, -0.15) is 0 Å². The van der Waals surface area contributed by atoms with Crippen molar-refractivity contribution in [3.05, 3.63) is 0 Å². The van der Waals surface area contributed by atoms with Crippen molar-refractivity contribution in [1.29, 1.82) is 0 Å². The van der Waals surface area contributed by atoms with E-state index in [1.54, 1.807) is 0 Å². The summed E-state index contributed by atoms with van der Waals surface area (Å²) in [6.45, 7) is 9.26. The molecule has 2 bridgehead atoms. The molecule has 0 spiro atoms. The minimum atomic E-state index is 0.0347. The van der Waals surface area contributed by atoms with Crippen molar-refractivity contribution in [1.82, 2.24) is 10.2 Å². The van der Waals surface area contributed by atoms with E-state index in [-0.39, 0.29) is 18.1 Å². The van der Waals surface area contributed by atoms with Crippen LogP contribution >= 0.6 is 0 Å². The van der Waals surface area contributed by atoms with E-state index >= 15 is 0 Å². The Hall–Kier alpha value is -0.610. The molecule has 4 nitrogen and oxygen atoms in total. The van der Waals surface area contributed by atoms with Crippen LogP contribution < -0.4 is 5.32 Å². The molecule has 4 heteroatoms. The van der Waals surface area contributed by atoms with E-state index in [2.05, 4.69) is 37.9 Å². The number of rotatable bonds is 3. The summed E-state index contributed by atoms with van der Waals surface area (Å²) in [5, 5.41) is 3.67. The smallest absolute Gasteiger partial charge is 0.228 e. The fourth-order valence-electron chi connectivity index (χ4n) is 4.76. The minimum absolute atomic E-state index is 0.0347. The number of nitrogens with zero attached hydrogens (tertiary/aromatic N) is 1. The molecule has 0 aromatic carbocycles. The maximum atomic E-state index is 13.1. The van der Waals surface area contributed by atoms with Gasteiger partial charge in [0.2, 0.25) is 5.91 Å². The van der Waals surface area contributed by atoms with Gasteiger partial charge >= 0.3 is 0 Å². The molecule has 120 valence electrons. The molecule has 1 N–H and O–H groups in total. The second-order valence-electron chi connectivity index (χ2n) is 7.32. The summed E-state index contributed by atoms with van der Waals surface area (Å²) in [5.74, 6) is 0.681. The molecule has 6 atom stereocenters. The molecule has 0 saturated carbocycles. The number of fused-ring (bicyclic) bond motifs is 2. The lowest BCUT2D eigenvalue weighted by Gasteiger charge is -2.39. The minimum Gasteiger partial charge on any atom is -0.374 e. The molecular formula is C17H30N2O2. The van der Waals surface area contributed by atoms with Crippen LogP contribution in [0.3, 0.4) is 0 Å². The van der Waals surface area contributed by atoms with Crippen molar-refractivity contribution >= 4 is 5.91 Å². The average Bonchev–Trinajstić information content (AvgIpc) is 2.90. The quantitative estimate of drug-likeness (QED) is 0.867. The van der Waals surface area contributed by atoms with E-state index in [0.717, 1.165) is 19.4 Å². The van der Waals surface area contributed by atoms with Crippen molar-refractivity contribution in [2.24, 2.45) is 11.8 Å². The summed E-state index contributed by atoms with van der Waals surface area (Å²) >= 11 is 0. The van der Waals surface area contributed by atoms with Crippen LogP contribution in [0.2, 0.25) is 0 Å². The van der Waals surface area contributed by atoms with Gasteiger partial charge in [-0.25, -0.2) is 0 Å². The molecule has 3 rings (SSSR count). The Morgan fingerprint density at radius 3 is 2.24 bits per heavy atom. The van der Waals surface area contributed by atoms with Crippen LogP contribution in [0.4, 0.5) is 0 Å². The number of nitrogens with one attached hydrogen (secondary N) is 1. The third-order valence-electron chi connectivity index (χ3n) is 6.04. The van der Waals surface area contributed by atoms with Crippen molar-refractivity contribution in [2.45, 2.75) is 83.7 Å². The third-order valence-corrected chi connectivity index (χ3v) is 6.04. The molecule has 3 heterocycles. The van der Waals surface area contributed by atoms with Crippen LogP contribution in [-0.2, 0) is 9.53 Å². The van der Waals surface area contributed by atoms with E-state index in [0.29, 0.717) is 30.0 Å². The summed E-state index contributed by atoms with van der Waals surface area (Å²) < 4.78 is 5.88. The van der Waals surface area contributed by atoms with Crippen molar-refractivity contribution in [3.63, 3.8) is 0 Å². The molecular weight excluding hydrogens is 264 g/mol. The number of ether oxygens (including phenoxy) is 1. The van der Waals surface area contributed by atoms with Crippen LogP contribution in [0.25, 0.3) is 0 Å². The summed E-state index contributed by atoms with van der Waals surface area (Å²) in [4.78, 5) is 15.3. The molecule has 21 heavy (non-hydrogen) atoms. The third kappa shape index (κ3) is 2.72. The second kappa shape index (κ2) is 5.88. The normalized spacial score (nSPS) is 45.8. The molecule has 6 unspecified atom stereocenters. The molecule has 3 saturated heterocycles. The highest BCUT2D eigenvalue weighted by molar-refractivity contribution is 5.80. The van der Waals surface area contributed by atoms with E-state index < -0.39 is 0 Å². The van der Waals surface area contributed by atoms with Gasteiger partial charge in [0.25, 0.3) is 0 Å². The zero-order valence-electron chi connectivity index (χ0n) is 13.8. The predicted octanol–water partition coefficient (Wildman–Crippen LogP) is 2.18. The Morgan fingerprint density at radius 2 is 1.76 bits per heavy atom. The monoisotopic (exact) mass is 294 g/mol. The SMILES string of the molecule is CCN(C(=O)C1C(C)OC(C)C1C)C1CC2CCC(C1)N2. The van der Waals surface area contributed by atoms with E-state index in [1.165, 1.54) is 12.8 Å². The Kier molecular flexibility index (Phi) is 4.28. The highest BCUT2D eigenvalue weighted by atomic mass is 16.5. The molecule has 3 aliphatic heterocycles. The Labute approximate surface area is 128 Å². The van der Waals surface area contributed by atoms with Crippen LogP contribution in [0.1, 0.15) is 53.4 Å². The van der Waals surface area contributed by atoms with Crippen LogP contribution in [0.5, 0.6) is 0 Å². The van der Waals surface area contributed by atoms with Crippen molar-refractivity contribution in [3.8, 4) is 0 Å². The predicted molar refractivity (Wildman–Crippen MR) is 83.0 cm³/mol. The number of hydrogen-bond acceptors (Lipinski definition) is 3. The van der Waals surface area contributed by atoms with Gasteiger partial charge < -0.3 is 15.0 Å². The second-order valence-corrected chi connectivity index (χ2v) is 7.32. The van der Waals surface area contributed by atoms with Gasteiger partial charge in [-0.3, -0.25) is 4.79 Å². The van der Waals surface area contributed by atoms with Gasteiger partial charge in [-0.05, 0) is 52.4 Å². The molecule has 3 fully saturated rings. The van der Waals surface area contributed by atoms with Gasteiger partial charge in [0.05, 0.1) is 18.1 Å². The van der Waals surface area contributed by atoms with Crippen LogP contribution in [0, 0.1) is 11.8 Å². The number of hydrogen-bond donors (Lipinski definition) is 1. The summed E-state index contributed by atoms with van der Waals surface area (Å²) in [6, 6.07) is 1.69. The standard InChI is InChI=1S/C17H30N2O2/c1-5-19(15-8-13-6-7-14(9-15)18-13)17(20)16-10(2)11(3)21-12(16)4/h10-16,18H,5-9H2,1-4H3. The molecule has 1 amide bonds. The van der Waals surface area contributed by atoms with Gasteiger partial charge in [0.15, 0.2) is 0 Å².